The Morgan fingerprint density at radius 3 is 2.39 bits per heavy atom. The second-order valence-corrected chi connectivity index (χ2v) is 3.83. The van der Waals surface area contributed by atoms with Gasteiger partial charge in [0, 0.05) is 18.0 Å². The highest BCUT2D eigenvalue weighted by Crippen LogP contribution is 2.15. The van der Waals surface area contributed by atoms with Gasteiger partial charge in [0.25, 0.3) is 0 Å². The number of nitrogens with zero attached hydrogens (tertiary/aromatic N) is 2. The number of rotatable bonds is 5. The van der Waals surface area contributed by atoms with E-state index in [1.165, 1.54) is 18.7 Å². The molecule has 0 saturated heterocycles. The summed E-state index contributed by atoms with van der Waals surface area (Å²) < 4.78 is 5.46. The molecule has 1 aromatic heterocycles. The molecule has 0 bridgehead atoms. The van der Waals surface area contributed by atoms with E-state index in [0.717, 1.165) is 12.2 Å². The third kappa shape index (κ3) is 2.91. The van der Waals surface area contributed by atoms with Gasteiger partial charge in [0.05, 0.1) is 12.2 Å². The lowest BCUT2D eigenvalue weighted by Gasteiger charge is -2.05. The van der Waals surface area contributed by atoms with E-state index in [1.807, 2.05) is 6.92 Å². The van der Waals surface area contributed by atoms with Crippen LogP contribution in [0.4, 0.5) is 0 Å². The molecule has 0 saturated carbocycles. The van der Waals surface area contributed by atoms with Crippen molar-refractivity contribution in [3.05, 3.63) is 54.1 Å². The Kier molecular flexibility index (Phi) is 4.02. The second kappa shape index (κ2) is 5.91. The van der Waals surface area contributed by atoms with E-state index < -0.39 is 0 Å². The summed E-state index contributed by atoms with van der Waals surface area (Å²) >= 11 is 0. The van der Waals surface area contributed by atoms with Crippen molar-refractivity contribution in [1.29, 1.82) is 0 Å². The molecule has 4 nitrogen and oxygen atoms in total. The van der Waals surface area contributed by atoms with E-state index in [1.54, 1.807) is 24.3 Å². The first-order valence-electron chi connectivity index (χ1n) is 5.84. The minimum atomic E-state index is -0.0855. The third-order valence-corrected chi connectivity index (χ3v) is 2.41. The summed E-state index contributed by atoms with van der Waals surface area (Å²) in [4.78, 5) is 19.7. The summed E-state index contributed by atoms with van der Waals surface area (Å²) in [6, 6.07) is 7.10. The monoisotopic (exact) mass is 242 g/mol. The van der Waals surface area contributed by atoms with Gasteiger partial charge in [-0.25, -0.2) is 9.97 Å². The van der Waals surface area contributed by atoms with Crippen molar-refractivity contribution < 1.29 is 9.53 Å². The molecule has 0 N–H and O–H groups in total. The van der Waals surface area contributed by atoms with Crippen LogP contribution in [0.2, 0.25) is 0 Å². The van der Waals surface area contributed by atoms with E-state index in [0.29, 0.717) is 17.7 Å². The molecule has 0 fully saturated rings. The minimum absolute atomic E-state index is 0.0855. The van der Waals surface area contributed by atoms with Gasteiger partial charge in [0.2, 0.25) is 0 Å². The number of aromatic nitrogens is 2. The maximum absolute atomic E-state index is 12.1. The fraction of sp³-hybridized carbons (Fsp3) is 0.214. The highest BCUT2D eigenvalue weighted by molar-refractivity contribution is 6.08. The number of ketones is 1. The van der Waals surface area contributed by atoms with Crippen molar-refractivity contribution in [3.8, 4) is 5.75 Å². The van der Waals surface area contributed by atoms with E-state index >= 15 is 0 Å². The smallest absolute Gasteiger partial charge is 0.196 e. The van der Waals surface area contributed by atoms with Crippen molar-refractivity contribution in [2.45, 2.75) is 13.3 Å². The topological polar surface area (TPSA) is 52.1 Å². The third-order valence-electron chi connectivity index (χ3n) is 2.41. The predicted octanol–water partition coefficient (Wildman–Crippen LogP) is 2.50. The molecule has 18 heavy (non-hydrogen) atoms. The molecule has 0 atom stereocenters. The van der Waals surface area contributed by atoms with Crippen LogP contribution in [0, 0.1) is 0 Å². The first-order chi connectivity index (χ1) is 8.81. The van der Waals surface area contributed by atoms with Crippen LogP contribution in [0.3, 0.4) is 0 Å². The molecule has 0 aliphatic rings. The van der Waals surface area contributed by atoms with E-state index in [4.69, 9.17) is 4.74 Å². The standard InChI is InChI=1S/C14H14N2O2/c1-2-7-18-13-5-3-11(4-6-13)14(17)12-8-15-10-16-9-12/h3-6,8-10H,2,7H2,1H3. The van der Waals surface area contributed by atoms with Crippen LogP contribution >= 0.6 is 0 Å². The quantitative estimate of drug-likeness (QED) is 0.756. The Morgan fingerprint density at radius 2 is 1.78 bits per heavy atom. The lowest BCUT2D eigenvalue weighted by molar-refractivity contribution is 0.103. The molecule has 0 aliphatic heterocycles. The predicted molar refractivity (Wildman–Crippen MR) is 67.7 cm³/mol. The fourth-order valence-electron chi connectivity index (χ4n) is 1.51. The molecule has 1 aromatic carbocycles. The summed E-state index contributed by atoms with van der Waals surface area (Å²) in [7, 11) is 0. The number of carbonyl (C=O) groups is 1. The fourth-order valence-corrected chi connectivity index (χ4v) is 1.51. The van der Waals surface area contributed by atoms with Gasteiger partial charge in [0.1, 0.15) is 12.1 Å². The summed E-state index contributed by atoms with van der Waals surface area (Å²) in [6.07, 6.45) is 5.38. The van der Waals surface area contributed by atoms with Crippen LogP contribution in [0.5, 0.6) is 5.75 Å². The average Bonchev–Trinajstić information content (AvgIpc) is 2.46. The number of carbonyl (C=O) groups excluding carboxylic acids is 1. The maximum atomic E-state index is 12.1. The molecule has 92 valence electrons. The van der Waals surface area contributed by atoms with Gasteiger partial charge in [-0.3, -0.25) is 4.79 Å². The molecular formula is C14H14N2O2. The SMILES string of the molecule is CCCOc1ccc(C(=O)c2cncnc2)cc1. The molecule has 0 radical (unpaired) electrons. The van der Waals surface area contributed by atoms with Crippen LogP contribution in [0.1, 0.15) is 29.3 Å². The molecule has 0 amide bonds. The van der Waals surface area contributed by atoms with Crippen molar-refractivity contribution in [1.82, 2.24) is 9.97 Å². The number of hydrogen-bond donors (Lipinski definition) is 0. The van der Waals surface area contributed by atoms with Crippen LogP contribution in [-0.4, -0.2) is 22.4 Å². The zero-order valence-electron chi connectivity index (χ0n) is 10.2. The molecular weight excluding hydrogens is 228 g/mol. The molecule has 1 heterocycles. The van der Waals surface area contributed by atoms with Gasteiger partial charge >= 0.3 is 0 Å². The molecule has 0 spiro atoms. The Balaban J connectivity index is 2.12. The van der Waals surface area contributed by atoms with Gasteiger partial charge in [0.15, 0.2) is 5.78 Å². The highest BCUT2D eigenvalue weighted by atomic mass is 16.5. The number of ether oxygens (including phenoxy) is 1. The van der Waals surface area contributed by atoms with Crippen molar-refractivity contribution in [2.75, 3.05) is 6.61 Å². The van der Waals surface area contributed by atoms with Gasteiger partial charge in [-0.2, -0.15) is 0 Å². The van der Waals surface area contributed by atoms with Gasteiger partial charge in [-0.15, -0.1) is 0 Å². The Morgan fingerprint density at radius 1 is 1.11 bits per heavy atom. The first-order valence-corrected chi connectivity index (χ1v) is 5.84. The molecule has 0 aliphatic carbocycles. The number of benzene rings is 1. The zero-order valence-corrected chi connectivity index (χ0v) is 10.2. The molecule has 2 rings (SSSR count). The van der Waals surface area contributed by atoms with Crippen LogP contribution in [-0.2, 0) is 0 Å². The summed E-state index contributed by atoms with van der Waals surface area (Å²) in [5.41, 5.74) is 1.09. The van der Waals surface area contributed by atoms with Crippen LogP contribution < -0.4 is 4.74 Å². The Labute approximate surface area is 106 Å². The normalized spacial score (nSPS) is 10.1. The Bertz CT molecular complexity index is 509. The highest BCUT2D eigenvalue weighted by Gasteiger charge is 2.09. The minimum Gasteiger partial charge on any atom is -0.494 e. The van der Waals surface area contributed by atoms with Crippen molar-refractivity contribution >= 4 is 5.78 Å². The lowest BCUT2D eigenvalue weighted by atomic mass is 10.1. The average molecular weight is 242 g/mol. The molecule has 0 unspecified atom stereocenters. The van der Waals surface area contributed by atoms with Crippen LogP contribution in [0.25, 0.3) is 0 Å². The first kappa shape index (κ1) is 12.2. The maximum Gasteiger partial charge on any atom is 0.196 e. The van der Waals surface area contributed by atoms with E-state index in [9.17, 15) is 4.79 Å². The van der Waals surface area contributed by atoms with E-state index in [2.05, 4.69) is 9.97 Å². The lowest BCUT2D eigenvalue weighted by Crippen LogP contribution is -2.02. The Hall–Kier alpha value is -2.23. The number of hydrogen-bond acceptors (Lipinski definition) is 4. The summed E-state index contributed by atoms with van der Waals surface area (Å²) in [5, 5.41) is 0. The summed E-state index contributed by atoms with van der Waals surface area (Å²) in [5.74, 6) is 0.690. The van der Waals surface area contributed by atoms with Gasteiger partial charge in [-0.05, 0) is 30.7 Å². The van der Waals surface area contributed by atoms with Crippen LogP contribution in [0.15, 0.2) is 43.0 Å². The van der Waals surface area contributed by atoms with Gasteiger partial charge < -0.3 is 4.74 Å². The second-order valence-electron chi connectivity index (χ2n) is 3.83. The van der Waals surface area contributed by atoms with E-state index in [-0.39, 0.29) is 5.78 Å². The van der Waals surface area contributed by atoms with Crippen molar-refractivity contribution in [3.63, 3.8) is 0 Å². The molecule has 4 heteroatoms. The van der Waals surface area contributed by atoms with Gasteiger partial charge in [-0.1, -0.05) is 6.92 Å². The van der Waals surface area contributed by atoms with Crippen molar-refractivity contribution in [2.24, 2.45) is 0 Å². The molecule has 2 aromatic rings. The largest absolute Gasteiger partial charge is 0.494 e. The summed E-state index contributed by atoms with van der Waals surface area (Å²) in [6.45, 7) is 2.73. The zero-order chi connectivity index (χ0) is 12.8.